The molecule has 3 aromatic rings. The third-order valence-corrected chi connectivity index (χ3v) is 3.82. The van der Waals surface area contributed by atoms with Gasteiger partial charge in [0.05, 0.1) is 11.8 Å². The van der Waals surface area contributed by atoms with Gasteiger partial charge < -0.3 is 16.0 Å². The number of anilines is 2. The molecule has 0 aliphatic rings. The van der Waals surface area contributed by atoms with Crippen molar-refractivity contribution in [1.29, 1.82) is 0 Å². The van der Waals surface area contributed by atoms with Crippen LogP contribution in [0.2, 0.25) is 0 Å². The fourth-order valence-electron chi connectivity index (χ4n) is 1.94. The number of nitrogens with two attached hydrogens (primary N) is 1. The van der Waals surface area contributed by atoms with Gasteiger partial charge in [0.2, 0.25) is 0 Å². The molecule has 0 saturated carbocycles. The van der Waals surface area contributed by atoms with Gasteiger partial charge in [0, 0.05) is 22.8 Å². The first-order valence-electron chi connectivity index (χ1n) is 5.90. The van der Waals surface area contributed by atoms with E-state index in [9.17, 15) is 4.79 Å². The maximum atomic E-state index is 12.3. The standard InChI is InChI=1S/C13H9Br2N5O/c14-10-5-18-12(11(15)19-10)20-13(21)8-4-17-9-3-6(16)1-2-7(8)9/h1-5,17H,16H2,(H,18,20,21). The molecular formula is C13H9Br2N5O. The molecule has 21 heavy (non-hydrogen) atoms. The molecule has 0 bridgehead atoms. The van der Waals surface area contributed by atoms with Crippen LogP contribution in [-0.2, 0) is 0 Å². The van der Waals surface area contributed by atoms with Gasteiger partial charge in [-0.2, -0.15) is 0 Å². The van der Waals surface area contributed by atoms with E-state index in [4.69, 9.17) is 5.73 Å². The minimum atomic E-state index is -0.275. The number of carbonyl (C=O) groups is 1. The molecule has 8 heteroatoms. The second-order valence-corrected chi connectivity index (χ2v) is 5.86. The molecule has 0 aliphatic heterocycles. The fraction of sp³-hybridized carbons (Fsp3) is 0. The highest BCUT2D eigenvalue weighted by Gasteiger charge is 2.14. The number of benzene rings is 1. The van der Waals surface area contributed by atoms with Crippen LogP contribution in [0.5, 0.6) is 0 Å². The Labute approximate surface area is 136 Å². The van der Waals surface area contributed by atoms with Crippen molar-refractivity contribution in [2.24, 2.45) is 0 Å². The van der Waals surface area contributed by atoms with Crippen molar-refractivity contribution in [1.82, 2.24) is 15.0 Å². The summed E-state index contributed by atoms with van der Waals surface area (Å²) < 4.78 is 1.03. The average Bonchev–Trinajstić information content (AvgIpc) is 2.84. The molecule has 3 rings (SSSR count). The molecular weight excluding hydrogens is 402 g/mol. The molecule has 6 nitrogen and oxygen atoms in total. The second-order valence-electron chi connectivity index (χ2n) is 4.29. The van der Waals surface area contributed by atoms with E-state index in [-0.39, 0.29) is 5.91 Å². The van der Waals surface area contributed by atoms with Gasteiger partial charge in [-0.05, 0) is 50.1 Å². The Morgan fingerprint density at radius 2 is 2.14 bits per heavy atom. The van der Waals surface area contributed by atoms with Crippen LogP contribution in [0.4, 0.5) is 11.5 Å². The number of aromatic nitrogens is 3. The summed E-state index contributed by atoms with van der Waals surface area (Å²) in [6.45, 7) is 0. The number of H-pyrrole nitrogens is 1. The molecule has 0 aliphatic carbocycles. The molecule has 0 atom stereocenters. The zero-order valence-electron chi connectivity index (χ0n) is 10.5. The van der Waals surface area contributed by atoms with Crippen molar-refractivity contribution in [3.63, 3.8) is 0 Å². The highest BCUT2D eigenvalue weighted by Crippen LogP contribution is 2.23. The summed E-state index contributed by atoms with van der Waals surface area (Å²) in [6.07, 6.45) is 3.15. The number of carbonyl (C=O) groups excluding carboxylic acids is 1. The Bertz CT molecular complexity index is 846. The quantitative estimate of drug-likeness (QED) is 0.564. The summed E-state index contributed by atoms with van der Waals surface area (Å²) in [5.41, 5.74) is 7.68. The number of nitrogen functional groups attached to an aromatic ring is 1. The van der Waals surface area contributed by atoms with Crippen molar-refractivity contribution in [3.05, 3.63) is 45.4 Å². The van der Waals surface area contributed by atoms with Gasteiger partial charge in [0.25, 0.3) is 5.91 Å². The van der Waals surface area contributed by atoms with Crippen LogP contribution < -0.4 is 11.1 Å². The van der Waals surface area contributed by atoms with Crippen molar-refractivity contribution in [2.45, 2.75) is 0 Å². The van der Waals surface area contributed by atoms with E-state index in [1.54, 1.807) is 24.4 Å². The van der Waals surface area contributed by atoms with Crippen LogP contribution in [0.3, 0.4) is 0 Å². The maximum Gasteiger partial charge on any atom is 0.259 e. The number of rotatable bonds is 2. The summed E-state index contributed by atoms with van der Waals surface area (Å²) in [6, 6.07) is 5.34. The van der Waals surface area contributed by atoms with Gasteiger partial charge in [-0.25, -0.2) is 9.97 Å². The molecule has 0 fully saturated rings. The first-order valence-corrected chi connectivity index (χ1v) is 7.49. The normalized spacial score (nSPS) is 10.8. The van der Waals surface area contributed by atoms with Gasteiger partial charge in [-0.15, -0.1) is 0 Å². The van der Waals surface area contributed by atoms with E-state index in [1.807, 2.05) is 0 Å². The highest BCUT2D eigenvalue weighted by atomic mass is 79.9. The van der Waals surface area contributed by atoms with Gasteiger partial charge in [-0.3, -0.25) is 4.79 Å². The number of hydrogen-bond acceptors (Lipinski definition) is 4. The monoisotopic (exact) mass is 409 g/mol. The number of fused-ring (bicyclic) bond motifs is 1. The molecule has 2 aromatic heterocycles. The third-order valence-electron chi connectivity index (χ3n) is 2.88. The number of nitrogens with one attached hydrogen (secondary N) is 2. The molecule has 106 valence electrons. The largest absolute Gasteiger partial charge is 0.399 e. The average molecular weight is 411 g/mol. The zero-order valence-corrected chi connectivity index (χ0v) is 13.7. The van der Waals surface area contributed by atoms with Crippen LogP contribution in [0.15, 0.2) is 39.8 Å². The van der Waals surface area contributed by atoms with Gasteiger partial charge in [-0.1, -0.05) is 0 Å². The van der Waals surface area contributed by atoms with Crippen LogP contribution in [-0.4, -0.2) is 20.9 Å². The summed E-state index contributed by atoms with van der Waals surface area (Å²) in [4.78, 5) is 23.6. The minimum Gasteiger partial charge on any atom is -0.399 e. The molecule has 1 amide bonds. The summed E-state index contributed by atoms with van der Waals surface area (Å²) >= 11 is 6.46. The Hall–Kier alpha value is -1.93. The lowest BCUT2D eigenvalue weighted by Crippen LogP contribution is -2.13. The van der Waals surface area contributed by atoms with E-state index in [1.165, 1.54) is 6.20 Å². The molecule has 0 radical (unpaired) electrons. The molecule has 0 saturated heterocycles. The zero-order chi connectivity index (χ0) is 15.0. The molecule has 1 aromatic carbocycles. The van der Waals surface area contributed by atoms with Gasteiger partial charge in [0.15, 0.2) is 5.82 Å². The Morgan fingerprint density at radius 1 is 1.33 bits per heavy atom. The topological polar surface area (TPSA) is 96.7 Å². The molecule has 2 heterocycles. The Morgan fingerprint density at radius 3 is 2.90 bits per heavy atom. The number of amides is 1. The van der Waals surface area contributed by atoms with Crippen LogP contribution >= 0.6 is 31.9 Å². The first kappa shape index (κ1) is 14.0. The SMILES string of the molecule is Nc1ccc2c(C(=O)Nc3ncc(Br)nc3Br)c[nH]c2c1. The lowest BCUT2D eigenvalue weighted by molar-refractivity contribution is 0.102. The summed E-state index contributed by atoms with van der Waals surface area (Å²) in [5.74, 6) is 0.0799. The summed E-state index contributed by atoms with van der Waals surface area (Å²) in [5, 5.41) is 3.51. The third kappa shape index (κ3) is 2.77. The predicted octanol–water partition coefficient (Wildman–Crippen LogP) is 3.32. The highest BCUT2D eigenvalue weighted by molar-refractivity contribution is 9.11. The van der Waals surface area contributed by atoms with Crippen LogP contribution in [0.1, 0.15) is 10.4 Å². The van der Waals surface area contributed by atoms with Crippen LogP contribution in [0.25, 0.3) is 10.9 Å². The lowest BCUT2D eigenvalue weighted by Gasteiger charge is -2.05. The predicted molar refractivity (Wildman–Crippen MR) is 88.1 cm³/mol. The first-order chi connectivity index (χ1) is 10.0. The van der Waals surface area contributed by atoms with Crippen molar-refractivity contribution in [2.75, 3.05) is 11.1 Å². The van der Waals surface area contributed by atoms with E-state index in [0.29, 0.717) is 26.3 Å². The fourth-order valence-corrected chi connectivity index (χ4v) is 2.85. The van der Waals surface area contributed by atoms with E-state index in [0.717, 1.165) is 10.9 Å². The number of nitrogens with zero attached hydrogens (tertiary/aromatic N) is 2. The van der Waals surface area contributed by atoms with Crippen molar-refractivity contribution in [3.8, 4) is 0 Å². The van der Waals surface area contributed by atoms with Crippen LogP contribution in [0, 0.1) is 0 Å². The smallest absolute Gasteiger partial charge is 0.259 e. The van der Waals surface area contributed by atoms with Gasteiger partial charge in [0.1, 0.15) is 9.21 Å². The Balaban J connectivity index is 1.94. The molecule has 0 unspecified atom stereocenters. The van der Waals surface area contributed by atoms with Gasteiger partial charge >= 0.3 is 0 Å². The number of aromatic amines is 1. The van der Waals surface area contributed by atoms with E-state index < -0.39 is 0 Å². The van der Waals surface area contributed by atoms with Crippen molar-refractivity contribution >= 4 is 60.2 Å². The van der Waals surface area contributed by atoms with E-state index >= 15 is 0 Å². The molecule has 4 N–H and O–H groups in total. The molecule has 0 spiro atoms. The second kappa shape index (κ2) is 5.45. The van der Waals surface area contributed by atoms with E-state index in [2.05, 4.69) is 52.1 Å². The number of hydrogen-bond donors (Lipinski definition) is 3. The lowest BCUT2D eigenvalue weighted by atomic mass is 10.1. The minimum absolute atomic E-state index is 0.275. The Kier molecular flexibility index (Phi) is 3.64. The number of halogens is 2. The maximum absolute atomic E-state index is 12.3. The van der Waals surface area contributed by atoms with Crippen molar-refractivity contribution < 1.29 is 4.79 Å². The summed E-state index contributed by atoms with van der Waals surface area (Å²) in [7, 11) is 0.